The van der Waals surface area contributed by atoms with Crippen LogP contribution in [0.3, 0.4) is 0 Å². The maximum absolute atomic E-state index is 13.8. The number of benzene rings is 2. The maximum Gasteiger partial charge on any atom is 0.446 e. The maximum atomic E-state index is 13.8. The van der Waals surface area contributed by atoms with Gasteiger partial charge in [-0.15, -0.1) is 0 Å². The predicted molar refractivity (Wildman–Crippen MR) is 117 cm³/mol. The minimum atomic E-state index is -4.64. The fraction of sp³-hybridized carbons (Fsp3) is 0.458. The van der Waals surface area contributed by atoms with Crippen LogP contribution in [-0.2, 0) is 31.2 Å². The third kappa shape index (κ3) is 4.84. The van der Waals surface area contributed by atoms with Gasteiger partial charge in [0.05, 0.1) is 4.90 Å². The number of carbonyl (C=O) groups excluding carboxylic acids is 1. The Balaban J connectivity index is 0.000000454. The fourth-order valence-electron chi connectivity index (χ4n) is 4.72. The first-order valence-corrected chi connectivity index (χ1v) is 12.1. The molecule has 0 bridgehead atoms. The Morgan fingerprint density at radius 1 is 1.09 bits per heavy atom. The lowest BCUT2D eigenvalue weighted by Crippen LogP contribution is -2.49. The Morgan fingerprint density at radius 2 is 1.76 bits per heavy atom. The van der Waals surface area contributed by atoms with Crippen LogP contribution >= 0.6 is 0 Å². The second-order valence-corrected chi connectivity index (χ2v) is 11.6. The SMILES string of the molecule is CC(C)(C)c1ccc2c(c1)CCC1NCCC21S(=O)(=O)c1cccc(F)c1.O=CC(F)(F)F. The summed E-state index contributed by atoms with van der Waals surface area (Å²) >= 11 is 0. The quantitative estimate of drug-likeness (QED) is 0.488. The average molecular weight is 486 g/mol. The molecule has 4 rings (SSSR count). The molecule has 33 heavy (non-hydrogen) atoms. The van der Waals surface area contributed by atoms with Gasteiger partial charge >= 0.3 is 6.18 Å². The van der Waals surface area contributed by atoms with Gasteiger partial charge in [0.25, 0.3) is 0 Å². The van der Waals surface area contributed by atoms with Crippen molar-refractivity contribution < 1.29 is 30.8 Å². The molecule has 9 heteroatoms. The fourth-order valence-corrected chi connectivity index (χ4v) is 7.10. The van der Waals surface area contributed by atoms with Gasteiger partial charge in [-0.25, -0.2) is 12.8 Å². The molecule has 2 aromatic rings. The van der Waals surface area contributed by atoms with E-state index in [1.165, 1.54) is 23.8 Å². The van der Waals surface area contributed by atoms with E-state index in [-0.39, 0.29) is 16.4 Å². The molecule has 0 spiro atoms. The zero-order valence-electron chi connectivity index (χ0n) is 18.7. The van der Waals surface area contributed by atoms with Crippen molar-refractivity contribution in [3.8, 4) is 0 Å². The largest absolute Gasteiger partial charge is 0.446 e. The van der Waals surface area contributed by atoms with E-state index in [2.05, 4.69) is 38.2 Å². The van der Waals surface area contributed by atoms with E-state index in [1.807, 2.05) is 6.07 Å². The number of aldehydes is 1. The Morgan fingerprint density at radius 3 is 2.33 bits per heavy atom. The topological polar surface area (TPSA) is 63.2 Å². The second kappa shape index (κ2) is 8.83. The molecule has 2 aliphatic rings. The van der Waals surface area contributed by atoms with Crippen molar-refractivity contribution in [2.24, 2.45) is 0 Å². The Labute approximate surface area is 191 Å². The zero-order chi connectivity index (χ0) is 24.7. The standard InChI is InChI=1S/C22H26FNO2S.C2HF3O/c1-21(2,3)16-8-9-19-15(13-16)7-10-20-22(19,11-12-24-20)27(25,26)18-6-4-5-17(23)14-18;3-2(4,5)1-6/h4-6,8-9,13-14,20,24H,7,10-12H2,1-3H3;1H. The van der Waals surface area contributed by atoms with Crippen molar-refractivity contribution in [2.45, 2.75) is 67.3 Å². The molecule has 1 N–H and O–H groups in total. The molecule has 1 aliphatic heterocycles. The highest BCUT2D eigenvalue weighted by Gasteiger charge is 2.57. The lowest BCUT2D eigenvalue weighted by atomic mass is 9.76. The minimum absolute atomic E-state index is 0.00833. The van der Waals surface area contributed by atoms with Crippen LogP contribution in [-0.4, -0.2) is 33.5 Å². The molecular weight excluding hydrogens is 458 g/mol. The van der Waals surface area contributed by atoms with Gasteiger partial charge in [0.15, 0.2) is 9.84 Å². The number of sulfone groups is 1. The molecule has 4 nitrogen and oxygen atoms in total. The number of nitrogens with one attached hydrogen (secondary N) is 1. The molecular formula is C24H27F4NO3S. The normalized spacial score (nSPS) is 22.6. The summed E-state index contributed by atoms with van der Waals surface area (Å²) in [4.78, 5) is 8.77. The number of rotatable bonds is 2. The van der Waals surface area contributed by atoms with E-state index in [0.29, 0.717) is 13.0 Å². The van der Waals surface area contributed by atoms with Gasteiger partial charge in [-0.2, -0.15) is 13.2 Å². The summed E-state index contributed by atoms with van der Waals surface area (Å²) in [6.45, 7) is 7.14. The molecule has 1 fully saturated rings. The van der Waals surface area contributed by atoms with E-state index in [0.717, 1.165) is 30.0 Å². The average Bonchev–Trinajstić information content (AvgIpc) is 3.19. The summed E-state index contributed by atoms with van der Waals surface area (Å²) in [5, 5.41) is 3.40. The van der Waals surface area contributed by atoms with Crippen LogP contribution in [0.5, 0.6) is 0 Å². The Kier molecular flexibility index (Phi) is 6.79. The summed E-state index contributed by atoms with van der Waals surface area (Å²) in [6, 6.07) is 11.5. The molecule has 180 valence electrons. The molecule has 1 saturated heterocycles. The first-order valence-electron chi connectivity index (χ1n) is 10.6. The van der Waals surface area contributed by atoms with Crippen LogP contribution in [0.4, 0.5) is 17.6 Å². The monoisotopic (exact) mass is 485 g/mol. The van der Waals surface area contributed by atoms with Gasteiger partial charge in [-0.3, -0.25) is 4.79 Å². The number of fused-ring (bicyclic) bond motifs is 3. The van der Waals surface area contributed by atoms with Gasteiger partial charge < -0.3 is 5.32 Å². The van der Waals surface area contributed by atoms with Crippen LogP contribution in [0.15, 0.2) is 47.4 Å². The van der Waals surface area contributed by atoms with Gasteiger partial charge in [-0.1, -0.05) is 45.0 Å². The molecule has 1 heterocycles. The molecule has 0 amide bonds. The summed E-state index contributed by atoms with van der Waals surface area (Å²) in [5.74, 6) is -0.519. The highest BCUT2D eigenvalue weighted by Crippen LogP contribution is 2.50. The van der Waals surface area contributed by atoms with Crippen molar-refractivity contribution in [3.05, 3.63) is 65.0 Å². The number of alkyl halides is 3. The van der Waals surface area contributed by atoms with Crippen molar-refractivity contribution in [1.29, 1.82) is 0 Å². The predicted octanol–water partition coefficient (Wildman–Crippen LogP) is 4.85. The molecule has 2 unspecified atom stereocenters. The lowest BCUT2D eigenvalue weighted by Gasteiger charge is -2.40. The van der Waals surface area contributed by atoms with Crippen LogP contribution in [0.25, 0.3) is 0 Å². The van der Waals surface area contributed by atoms with Crippen molar-refractivity contribution >= 4 is 16.1 Å². The van der Waals surface area contributed by atoms with E-state index in [9.17, 15) is 26.0 Å². The molecule has 0 aromatic heterocycles. The van der Waals surface area contributed by atoms with Crippen molar-refractivity contribution in [3.63, 3.8) is 0 Å². The highest BCUT2D eigenvalue weighted by atomic mass is 32.2. The Bertz CT molecular complexity index is 1140. The number of aryl methyl sites for hydroxylation is 1. The van der Waals surface area contributed by atoms with Crippen LogP contribution < -0.4 is 5.32 Å². The Hall–Kier alpha value is -2.26. The van der Waals surface area contributed by atoms with Crippen LogP contribution in [0.2, 0.25) is 0 Å². The molecule has 2 atom stereocenters. The molecule has 2 aromatic carbocycles. The van der Waals surface area contributed by atoms with E-state index in [1.54, 1.807) is 0 Å². The number of carbonyl (C=O) groups is 1. The summed E-state index contributed by atoms with van der Waals surface area (Å²) in [7, 11) is -3.75. The van der Waals surface area contributed by atoms with E-state index < -0.39 is 32.9 Å². The smallest absolute Gasteiger partial charge is 0.312 e. The summed E-state index contributed by atoms with van der Waals surface area (Å²) in [5.41, 5.74) is 3.22. The van der Waals surface area contributed by atoms with Crippen molar-refractivity contribution in [2.75, 3.05) is 6.54 Å². The van der Waals surface area contributed by atoms with E-state index >= 15 is 0 Å². The van der Waals surface area contributed by atoms with Gasteiger partial charge in [-0.05, 0) is 66.1 Å². The van der Waals surface area contributed by atoms with Crippen LogP contribution in [0, 0.1) is 5.82 Å². The highest BCUT2D eigenvalue weighted by molar-refractivity contribution is 7.92. The summed E-state index contributed by atoms with van der Waals surface area (Å²) in [6.07, 6.45) is -3.56. The number of hydrogen-bond acceptors (Lipinski definition) is 4. The van der Waals surface area contributed by atoms with Crippen molar-refractivity contribution in [1.82, 2.24) is 5.32 Å². The van der Waals surface area contributed by atoms with Gasteiger partial charge in [0.1, 0.15) is 10.6 Å². The first kappa shape index (κ1) is 25.4. The lowest BCUT2D eigenvalue weighted by molar-refractivity contribution is -0.156. The molecule has 1 aliphatic carbocycles. The molecule has 0 saturated carbocycles. The third-order valence-electron chi connectivity index (χ3n) is 6.30. The minimum Gasteiger partial charge on any atom is -0.312 e. The van der Waals surface area contributed by atoms with Gasteiger partial charge in [0.2, 0.25) is 6.29 Å². The number of halogens is 4. The van der Waals surface area contributed by atoms with E-state index in [4.69, 9.17) is 4.79 Å². The second-order valence-electron chi connectivity index (χ2n) is 9.43. The molecule has 0 radical (unpaired) electrons. The number of hydrogen-bond donors (Lipinski definition) is 1. The van der Waals surface area contributed by atoms with Crippen LogP contribution in [0.1, 0.15) is 50.3 Å². The summed E-state index contributed by atoms with van der Waals surface area (Å²) < 4.78 is 71.6. The zero-order valence-corrected chi connectivity index (χ0v) is 19.5. The van der Waals surface area contributed by atoms with Gasteiger partial charge in [0, 0.05) is 6.04 Å². The first-order chi connectivity index (χ1) is 15.2. The third-order valence-corrected chi connectivity index (χ3v) is 8.84.